The van der Waals surface area contributed by atoms with Crippen molar-refractivity contribution < 1.29 is 8.42 Å². The minimum Gasteiger partial charge on any atom is -0.208 e. The van der Waals surface area contributed by atoms with Crippen LogP contribution in [0.5, 0.6) is 0 Å². The molecule has 0 N–H and O–H groups in total. The molecular weight excluding hydrogens is 414 g/mol. The van der Waals surface area contributed by atoms with E-state index in [1.807, 2.05) is 0 Å². The van der Waals surface area contributed by atoms with Gasteiger partial charge in [-0.15, -0.1) is 0 Å². The zero-order valence-electron chi connectivity index (χ0n) is 7.29. The van der Waals surface area contributed by atoms with Gasteiger partial charge in [0.15, 0.2) is 0 Å². The lowest BCUT2D eigenvalue weighted by Gasteiger charge is -1.93. The second-order valence-electron chi connectivity index (χ2n) is 2.46. The van der Waals surface area contributed by atoms with Crippen molar-refractivity contribution in [2.45, 2.75) is 13.8 Å². The quantitative estimate of drug-likeness (QED) is 0.473. The van der Waals surface area contributed by atoms with Crippen molar-refractivity contribution >= 4 is 46.6 Å². The number of halogens is 2. The molecule has 0 aliphatic rings. The number of rotatable bonds is 0. The number of hydrogen-bond donors (Lipinski definition) is 0. The van der Waals surface area contributed by atoms with Crippen molar-refractivity contribution in [3.63, 3.8) is 0 Å². The van der Waals surface area contributed by atoms with E-state index in [9.17, 15) is 8.42 Å². The Bertz CT molecular complexity index is 331. The van der Waals surface area contributed by atoms with E-state index >= 15 is 0 Å². The van der Waals surface area contributed by atoms with Gasteiger partial charge in [0.1, 0.15) is 0 Å². The van der Waals surface area contributed by atoms with Crippen LogP contribution in [0.2, 0.25) is 0 Å². The van der Waals surface area contributed by atoms with Gasteiger partial charge in [-0.3, -0.25) is 0 Å². The van der Waals surface area contributed by atoms with Crippen molar-refractivity contribution in [3.8, 4) is 0 Å². The minimum atomic E-state index is -2.73. The summed E-state index contributed by atoms with van der Waals surface area (Å²) in [5.41, 5.74) is 2.74. The lowest BCUT2D eigenvalue weighted by atomic mass is 10.1. The summed E-state index contributed by atoms with van der Waals surface area (Å²) in [5.74, 6) is 0. The van der Waals surface area contributed by atoms with Crippen LogP contribution in [0.15, 0.2) is 24.3 Å². The van der Waals surface area contributed by atoms with Crippen molar-refractivity contribution in [2.75, 3.05) is 0 Å². The Balaban J connectivity index is 0.000000252. The van der Waals surface area contributed by atoms with Gasteiger partial charge in [0, 0.05) is 0 Å². The molecule has 0 aliphatic carbocycles. The van der Waals surface area contributed by atoms with Crippen LogP contribution in [0.1, 0.15) is 11.1 Å². The van der Waals surface area contributed by atoms with E-state index in [1.165, 1.54) is 53.5 Å². The SMILES string of the molecule is Cc1ccccc1C.O=S(=O)(I)I. The molecule has 2 nitrogen and oxygen atoms in total. The molecule has 0 heterocycles. The van der Waals surface area contributed by atoms with Gasteiger partial charge >= 0.3 is 0 Å². The van der Waals surface area contributed by atoms with Crippen LogP contribution in [-0.2, 0) is 4.18 Å². The molecule has 0 atom stereocenters. The van der Waals surface area contributed by atoms with Crippen LogP contribution in [0, 0.1) is 13.8 Å². The maximum atomic E-state index is 9.61. The van der Waals surface area contributed by atoms with Gasteiger partial charge in [-0.1, -0.05) is 24.3 Å². The van der Waals surface area contributed by atoms with Gasteiger partial charge < -0.3 is 0 Å². The van der Waals surface area contributed by atoms with Gasteiger partial charge in [0.25, 0.3) is 4.18 Å². The van der Waals surface area contributed by atoms with Gasteiger partial charge in [0.05, 0.1) is 42.4 Å². The third kappa shape index (κ3) is 10.6. The molecule has 0 aliphatic heterocycles. The minimum absolute atomic E-state index is 1.34. The summed E-state index contributed by atoms with van der Waals surface area (Å²) in [5, 5.41) is 0. The van der Waals surface area contributed by atoms with E-state index in [-0.39, 0.29) is 0 Å². The number of hydrogen-bond acceptors (Lipinski definition) is 2. The van der Waals surface area contributed by atoms with Crippen LogP contribution >= 0.6 is 42.4 Å². The molecule has 0 spiro atoms. The third-order valence-corrected chi connectivity index (χ3v) is 1.43. The first-order valence-corrected chi connectivity index (χ1v) is 10.0. The first-order chi connectivity index (χ1) is 5.80. The summed E-state index contributed by atoms with van der Waals surface area (Å²) in [4.78, 5) is 0. The first-order valence-electron chi connectivity index (χ1n) is 3.47. The molecule has 74 valence electrons. The summed E-state index contributed by atoms with van der Waals surface area (Å²) < 4.78 is 16.5. The third-order valence-electron chi connectivity index (χ3n) is 1.43. The average Bonchev–Trinajstić information content (AvgIpc) is 1.92. The second kappa shape index (κ2) is 6.18. The molecule has 1 aromatic carbocycles. The summed E-state index contributed by atoms with van der Waals surface area (Å²) in [6, 6.07) is 8.36. The molecule has 13 heavy (non-hydrogen) atoms. The lowest BCUT2D eigenvalue weighted by Crippen LogP contribution is -1.74. The molecule has 0 amide bonds. The summed E-state index contributed by atoms with van der Waals surface area (Å²) in [6.07, 6.45) is 0. The van der Waals surface area contributed by atoms with Crippen LogP contribution < -0.4 is 0 Å². The van der Waals surface area contributed by atoms with Crippen LogP contribution in [-0.4, -0.2) is 8.42 Å². The molecule has 5 heteroatoms. The van der Waals surface area contributed by atoms with E-state index in [4.69, 9.17) is 0 Å². The fraction of sp³-hybridized carbons (Fsp3) is 0.250. The number of benzene rings is 1. The van der Waals surface area contributed by atoms with Gasteiger partial charge in [-0.05, 0) is 25.0 Å². The van der Waals surface area contributed by atoms with E-state index in [2.05, 4.69) is 38.1 Å². The van der Waals surface area contributed by atoms with E-state index in [1.54, 1.807) is 0 Å². The molecule has 1 rings (SSSR count). The van der Waals surface area contributed by atoms with Crippen LogP contribution in [0.3, 0.4) is 0 Å². The van der Waals surface area contributed by atoms with Crippen molar-refractivity contribution in [3.05, 3.63) is 35.4 Å². The maximum Gasteiger partial charge on any atom is 0.255 e. The Morgan fingerprint density at radius 1 is 1.00 bits per heavy atom. The van der Waals surface area contributed by atoms with Gasteiger partial charge in [-0.2, -0.15) is 0 Å². The maximum absolute atomic E-state index is 9.61. The van der Waals surface area contributed by atoms with Crippen LogP contribution in [0.25, 0.3) is 0 Å². The van der Waals surface area contributed by atoms with Crippen LogP contribution in [0.4, 0.5) is 0 Å². The average molecular weight is 424 g/mol. The summed E-state index contributed by atoms with van der Waals surface area (Å²) in [6.45, 7) is 4.24. The second-order valence-corrected chi connectivity index (χ2v) is 15.2. The molecule has 0 bridgehead atoms. The highest BCUT2D eigenvalue weighted by Gasteiger charge is 1.86. The van der Waals surface area contributed by atoms with Gasteiger partial charge in [0.2, 0.25) is 0 Å². The molecule has 0 unspecified atom stereocenters. The summed E-state index contributed by atoms with van der Waals surface area (Å²) >= 11 is 2.67. The Hall–Kier alpha value is 0.630. The molecule has 0 saturated carbocycles. The van der Waals surface area contributed by atoms with E-state index < -0.39 is 4.18 Å². The number of aryl methyl sites for hydroxylation is 2. The standard InChI is InChI=1S/C8H10.I2O2S/c1-7-5-3-4-6-8(7)2;1-5(2,3)4/h3-6H,1-2H3;. The zero-order valence-corrected chi connectivity index (χ0v) is 12.4. The Labute approximate surface area is 103 Å². The fourth-order valence-electron chi connectivity index (χ4n) is 0.663. The Morgan fingerprint density at radius 3 is 1.38 bits per heavy atom. The highest BCUT2D eigenvalue weighted by atomic mass is 127. The normalized spacial score (nSPS) is 10.2. The van der Waals surface area contributed by atoms with Gasteiger partial charge in [-0.25, -0.2) is 8.42 Å². The van der Waals surface area contributed by atoms with Crippen molar-refractivity contribution in [1.29, 1.82) is 0 Å². The predicted octanol–water partition coefficient (Wildman–Crippen LogP) is 3.40. The largest absolute Gasteiger partial charge is 0.255 e. The molecule has 0 fully saturated rings. The Morgan fingerprint density at radius 2 is 1.23 bits per heavy atom. The predicted molar refractivity (Wildman–Crippen MR) is 72.9 cm³/mol. The highest BCUT2D eigenvalue weighted by Crippen LogP contribution is 2.08. The van der Waals surface area contributed by atoms with E-state index in [0.717, 1.165) is 0 Å². The fourth-order valence-corrected chi connectivity index (χ4v) is 0.663. The molecule has 0 aromatic heterocycles. The highest BCUT2D eigenvalue weighted by molar-refractivity contribution is 14.3. The molecule has 0 radical (unpaired) electrons. The Kier molecular flexibility index (Phi) is 6.48. The topological polar surface area (TPSA) is 34.1 Å². The first kappa shape index (κ1) is 13.6. The zero-order chi connectivity index (χ0) is 10.5. The smallest absolute Gasteiger partial charge is 0.208 e. The van der Waals surface area contributed by atoms with E-state index in [0.29, 0.717) is 0 Å². The molecule has 0 saturated heterocycles. The van der Waals surface area contributed by atoms with Crippen molar-refractivity contribution in [1.82, 2.24) is 0 Å². The van der Waals surface area contributed by atoms with Crippen molar-refractivity contribution in [2.24, 2.45) is 0 Å². The summed E-state index contributed by atoms with van der Waals surface area (Å²) in [7, 11) is 0. The molecule has 1 aromatic rings. The monoisotopic (exact) mass is 424 g/mol. The lowest BCUT2D eigenvalue weighted by molar-refractivity contribution is 0.627. The molecular formula is C8H10I2O2S.